The van der Waals surface area contributed by atoms with E-state index in [4.69, 9.17) is 16.3 Å². The molecule has 11 heteroatoms. The van der Waals surface area contributed by atoms with Crippen LogP contribution >= 0.6 is 11.6 Å². The van der Waals surface area contributed by atoms with Crippen LogP contribution in [0.3, 0.4) is 0 Å². The molecule has 0 aliphatic carbocycles. The van der Waals surface area contributed by atoms with Gasteiger partial charge in [-0.25, -0.2) is 12.8 Å². The third-order valence-electron chi connectivity index (χ3n) is 7.84. The highest BCUT2D eigenvalue weighted by molar-refractivity contribution is 7.92. The molecule has 0 unspecified atom stereocenters. The van der Waals surface area contributed by atoms with E-state index in [0.717, 1.165) is 15.4 Å². The number of carbonyl (C=O) groups is 2. The lowest BCUT2D eigenvalue weighted by Crippen LogP contribution is -2.54. The molecule has 8 nitrogen and oxygen atoms in total. The van der Waals surface area contributed by atoms with Gasteiger partial charge in [-0.15, -0.1) is 0 Å². The molecular weight excluding hydrogens is 641 g/mol. The van der Waals surface area contributed by atoms with Gasteiger partial charge in [0, 0.05) is 24.0 Å². The van der Waals surface area contributed by atoms with Gasteiger partial charge < -0.3 is 15.0 Å². The number of methoxy groups -OCH3 is 1. The number of aryl methyl sites for hydroxylation is 1. The predicted molar refractivity (Wildman–Crippen MR) is 182 cm³/mol. The quantitative estimate of drug-likeness (QED) is 0.163. The summed E-state index contributed by atoms with van der Waals surface area (Å²) >= 11 is 6.34. The first-order chi connectivity index (χ1) is 22.4. The zero-order valence-corrected chi connectivity index (χ0v) is 28.4. The van der Waals surface area contributed by atoms with Crippen molar-refractivity contribution < 1.29 is 27.1 Å². The maximum atomic E-state index is 14.6. The average Bonchev–Trinajstić information content (AvgIpc) is 3.06. The fourth-order valence-electron chi connectivity index (χ4n) is 4.99. The van der Waals surface area contributed by atoms with Crippen LogP contribution in [0.15, 0.2) is 102 Å². The highest BCUT2D eigenvalue weighted by Crippen LogP contribution is 2.35. The average molecular weight is 680 g/mol. The van der Waals surface area contributed by atoms with E-state index in [1.807, 2.05) is 51.1 Å². The van der Waals surface area contributed by atoms with E-state index in [1.54, 1.807) is 18.2 Å². The van der Waals surface area contributed by atoms with Gasteiger partial charge in [0.25, 0.3) is 10.0 Å². The molecule has 0 heterocycles. The smallest absolute Gasteiger partial charge is 0.264 e. The number of carbonyl (C=O) groups excluding carboxylic acids is 2. The van der Waals surface area contributed by atoms with Gasteiger partial charge in [0.1, 0.15) is 24.2 Å². The molecule has 0 saturated heterocycles. The Morgan fingerprint density at radius 1 is 0.936 bits per heavy atom. The number of anilines is 1. The lowest BCUT2D eigenvalue weighted by atomic mass is 10.0. The van der Waals surface area contributed by atoms with E-state index >= 15 is 0 Å². The molecule has 0 fully saturated rings. The molecule has 2 amide bonds. The minimum Gasteiger partial charge on any atom is -0.495 e. The van der Waals surface area contributed by atoms with Gasteiger partial charge in [-0.05, 0) is 73.9 Å². The van der Waals surface area contributed by atoms with Crippen LogP contribution in [0.4, 0.5) is 10.1 Å². The van der Waals surface area contributed by atoms with Crippen molar-refractivity contribution in [1.29, 1.82) is 0 Å². The lowest BCUT2D eigenvalue weighted by Gasteiger charge is -2.34. The minimum atomic E-state index is -4.36. The summed E-state index contributed by atoms with van der Waals surface area (Å²) in [5.74, 6) is -1.33. The number of nitrogens with zero attached hydrogens (tertiary/aromatic N) is 2. The van der Waals surface area contributed by atoms with Gasteiger partial charge in [-0.3, -0.25) is 13.9 Å². The standard InChI is InChI=1S/C36H39ClFN3O5S/c1-5-26(3)39-36(43)33(21-27-9-7-6-8-10-27)40(23-28-13-16-30(38)17-14-28)35(42)24-41(32-22-29(37)15-20-34(32)46-4)47(44,45)31-18-11-25(2)12-19-31/h6-20,22,26,33H,5,21,23-24H2,1-4H3,(H,39,43)/t26-,33-/m0/s1. The molecule has 248 valence electrons. The number of hydrogen-bond acceptors (Lipinski definition) is 5. The molecule has 47 heavy (non-hydrogen) atoms. The summed E-state index contributed by atoms with van der Waals surface area (Å²) in [4.78, 5) is 29.8. The maximum Gasteiger partial charge on any atom is 0.264 e. The molecule has 0 spiro atoms. The second-order valence-electron chi connectivity index (χ2n) is 11.3. The molecule has 2 atom stereocenters. The van der Waals surface area contributed by atoms with Crippen molar-refractivity contribution in [1.82, 2.24) is 10.2 Å². The molecule has 0 aliphatic heterocycles. The Balaban J connectivity index is 1.85. The monoisotopic (exact) mass is 679 g/mol. The number of sulfonamides is 1. The number of hydrogen-bond donors (Lipinski definition) is 1. The zero-order chi connectivity index (χ0) is 34.1. The summed E-state index contributed by atoms with van der Waals surface area (Å²) in [6.07, 6.45) is 0.814. The first-order valence-corrected chi connectivity index (χ1v) is 17.1. The maximum absolute atomic E-state index is 14.6. The first-order valence-electron chi connectivity index (χ1n) is 15.2. The summed E-state index contributed by atoms with van der Waals surface area (Å²) in [5.41, 5.74) is 2.27. The predicted octanol–water partition coefficient (Wildman–Crippen LogP) is 6.55. The normalized spacial score (nSPS) is 12.6. The molecule has 4 rings (SSSR count). The van der Waals surface area contributed by atoms with Crippen molar-refractivity contribution in [2.45, 2.75) is 57.1 Å². The summed E-state index contributed by atoms with van der Waals surface area (Å²) in [7, 11) is -2.97. The molecule has 0 radical (unpaired) electrons. The van der Waals surface area contributed by atoms with Gasteiger partial charge in [0.2, 0.25) is 11.8 Å². The Labute approximate surface area is 281 Å². The number of ether oxygens (including phenoxy) is 1. The van der Waals surface area contributed by atoms with Gasteiger partial charge in [0.05, 0.1) is 17.7 Å². The summed E-state index contributed by atoms with van der Waals surface area (Å²) in [6.45, 7) is 4.86. The van der Waals surface area contributed by atoms with Crippen LogP contribution in [0.2, 0.25) is 5.02 Å². The highest BCUT2D eigenvalue weighted by Gasteiger charge is 2.36. The Morgan fingerprint density at radius 2 is 1.60 bits per heavy atom. The van der Waals surface area contributed by atoms with Crippen LogP contribution in [0.25, 0.3) is 0 Å². The van der Waals surface area contributed by atoms with Crippen LogP contribution < -0.4 is 14.4 Å². The second-order valence-corrected chi connectivity index (χ2v) is 13.6. The molecule has 0 saturated carbocycles. The molecule has 4 aromatic carbocycles. The molecular formula is C36H39ClFN3O5S. The molecule has 0 aliphatic rings. The number of amides is 2. The fourth-order valence-corrected chi connectivity index (χ4v) is 6.57. The van der Waals surface area contributed by atoms with Gasteiger partial charge in [0.15, 0.2) is 0 Å². The summed E-state index contributed by atoms with van der Waals surface area (Å²) in [6, 6.07) is 24.4. The number of nitrogens with one attached hydrogen (secondary N) is 1. The third kappa shape index (κ3) is 9.11. The van der Waals surface area contributed by atoms with Gasteiger partial charge in [-0.2, -0.15) is 0 Å². The first kappa shape index (κ1) is 35.4. The summed E-state index contributed by atoms with van der Waals surface area (Å²) in [5, 5.41) is 3.22. The highest BCUT2D eigenvalue weighted by atomic mass is 35.5. The van der Waals surface area contributed by atoms with Crippen LogP contribution in [-0.4, -0.2) is 50.9 Å². The van der Waals surface area contributed by atoms with E-state index < -0.39 is 40.2 Å². The second kappa shape index (κ2) is 15.9. The van der Waals surface area contributed by atoms with E-state index in [1.165, 1.54) is 60.5 Å². The molecule has 4 aromatic rings. The fraction of sp³-hybridized carbons (Fsp3) is 0.278. The van der Waals surface area contributed by atoms with Crippen molar-refractivity contribution in [3.63, 3.8) is 0 Å². The topological polar surface area (TPSA) is 96.0 Å². The van der Waals surface area contributed by atoms with Gasteiger partial charge in [-0.1, -0.05) is 78.7 Å². The summed E-state index contributed by atoms with van der Waals surface area (Å²) < 4.78 is 48.9. The van der Waals surface area contributed by atoms with Crippen molar-refractivity contribution in [2.24, 2.45) is 0 Å². The van der Waals surface area contributed by atoms with Crippen LogP contribution in [0.5, 0.6) is 5.75 Å². The van der Waals surface area contributed by atoms with Crippen molar-refractivity contribution >= 4 is 39.1 Å². The van der Waals surface area contributed by atoms with Crippen molar-refractivity contribution in [2.75, 3.05) is 18.0 Å². The van der Waals surface area contributed by atoms with E-state index in [-0.39, 0.29) is 40.4 Å². The zero-order valence-electron chi connectivity index (χ0n) is 26.8. The number of rotatable bonds is 14. The van der Waals surface area contributed by atoms with Crippen molar-refractivity contribution in [3.8, 4) is 5.75 Å². The van der Waals surface area contributed by atoms with E-state index in [0.29, 0.717) is 12.0 Å². The largest absolute Gasteiger partial charge is 0.495 e. The number of halogens is 2. The van der Waals surface area contributed by atoms with Crippen LogP contribution in [-0.2, 0) is 32.6 Å². The Kier molecular flexibility index (Phi) is 12.0. The van der Waals surface area contributed by atoms with Crippen LogP contribution in [0, 0.1) is 12.7 Å². The molecule has 0 bridgehead atoms. The van der Waals surface area contributed by atoms with Crippen LogP contribution in [0.1, 0.15) is 37.0 Å². The minimum absolute atomic E-state index is 0.0432. The third-order valence-corrected chi connectivity index (χ3v) is 9.84. The lowest BCUT2D eigenvalue weighted by molar-refractivity contribution is -0.140. The van der Waals surface area contributed by atoms with Gasteiger partial charge >= 0.3 is 0 Å². The molecule has 1 N–H and O–H groups in total. The molecule has 0 aromatic heterocycles. The SMILES string of the molecule is CC[C@H](C)NC(=O)[C@H](Cc1ccccc1)N(Cc1ccc(F)cc1)C(=O)CN(c1cc(Cl)ccc1OC)S(=O)(=O)c1ccc(C)cc1. The van der Waals surface area contributed by atoms with Crippen molar-refractivity contribution in [3.05, 3.63) is 125 Å². The number of benzene rings is 4. The Hall–Kier alpha value is -4.41. The van der Waals surface area contributed by atoms with E-state index in [2.05, 4.69) is 5.32 Å². The van der Waals surface area contributed by atoms with E-state index in [9.17, 15) is 22.4 Å². The Bertz CT molecular complexity index is 1770. The Morgan fingerprint density at radius 3 is 2.21 bits per heavy atom.